The zero-order chi connectivity index (χ0) is 15.2. The van der Waals surface area contributed by atoms with Crippen LogP contribution in [0, 0.1) is 0 Å². The van der Waals surface area contributed by atoms with Crippen LogP contribution in [0.25, 0.3) is 0 Å². The van der Waals surface area contributed by atoms with E-state index in [0.29, 0.717) is 5.02 Å². The van der Waals surface area contributed by atoms with Gasteiger partial charge in [0.1, 0.15) is 6.04 Å². The van der Waals surface area contributed by atoms with E-state index in [2.05, 4.69) is 5.32 Å². The van der Waals surface area contributed by atoms with Crippen LogP contribution >= 0.6 is 11.6 Å². The molecule has 0 radical (unpaired) electrons. The van der Waals surface area contributed by atoms with E-state index in [4.69, 9.17) is 11.6 Å². The number of hydrogen-bond donors (Lipinski definition) is 2. The van der Waals surface area contributed by atoms with Crippen LogP contribution in [0.3, 0.4) is 0 Å². The van der Waals surface area contributed by atoms with Crippen LogP contribution in [0.2, 0.25) is 5.02 Å². The van der Waals surface area contributed by atoms with Gasteiger partial charge in [-0.05, 0) is 17.7 Å². The van der Waals surface area contributed by atoms with E-state index in [1.807, 2.05) is 30.3 Å². The van der Waals surface area contributed by atoms with Crippen molar-refractivity contribution in [2.75, 3.05) is 0 Å². The molecule has 2 N–H and O–H groups in total. The molecule has 0 heterocycles. The number of halogens is 1. The summed E-state index contributed by atoms with van der Waals surface area (Å²) in [5.41, 5.74) is 1.10. The second-order valence-corrected chi connectivity index (χ2v) is 4.94. The summed E-state index contributed by atoms with van der Waals surface area (Å²) in [5, 5.41) is 12.0. The average molecular weight is 304 g/mol. The molecule has 0 fully saturated rings. The van der Waals surface area contributed by atoms with Gasteiger partial charge in [-0.3, -0.25) is 4.79 Å². The SMILES string of the molecule is O=C(N[C@H](Cc1ccccc1)C(=O)O)c1ccccc1Cl. The zero-order valence-electron chi connectivity index (χ0n) is 11.1. The van der Waals surface area contributed by atoms with Crippen molar-refractivity contribution < 1.29 is 14.7 Å². The monoisotopic (exact) mass is 303 g/mol. The minimum atomic E-state index is -1.08. The number of rotatable bonds is 5. The van der Waals surface area contributed by atoms with E-state index in [-0.39, 0.29) is 12.0 Å². The molecule has 2 aromatic carbocycles. The quantitative estimate of drug-likeness (QED) is 0.892. The molecule has 0 aliphatic heterocycles. The summed E-state index contributed by atoms with van der Waals surface area (Å²) in [4.78, 5) is 23.4. The largest absolute Gasteiger partial charge is 0.480 e. The summed E-state index contributed by atoms with van der Waals surface area (Å²) in [7, 11) is 0. The Morgan fingerprint density at radius 2 is 1.67 bits per heavy atom. The normalized spacial score (nSPS) is 11.7. The van der Waals surface area contributed by atoms with Crippen LogP contribution < -0.4 is 5.32 Å². The lowest BCUT2D eigenvalue weighted by molar-refractivity contribution is -0.139. The third-order valence-electron chi connectivity index (χ3n) is 3.00. The van der Waals surface area contributed by atoms with Gasteiger partial charge in [-0.15, -0.1) is 0 Å². The molecule has 1 amide bonds. The van der Waals surface area contributed by atoms with Crippen LogP contribution in [0.15, 0.2) is 54.6 Å². The molecule has 108 valence electrons. The lowest BCUT2D eigenvalue weighted by Gasteiger charge is -2.15. The number of benzene rings is 2. The minimum absolute atomic E-state index is 0.215. The Bertz CT molecular complexity index is 643. The molecule has 0 aromatic heterocycles. The lowest BCUT2D eigenvalue weighted by Crippen LogP contribution is -2.42. The smallest absolute Gasteiger partial charge is 0.326 e. The van der Waals surface area contributed by atoms with Gasteiger partial charge >= 0.3 is 5.97 Å². The molecule has 2 aromatic rings. The van der Waals surface area contributed by atoms with E-state index in [1.165, 1.54) is 0 Å². The van der Waals surface area contributed by atoms with Gasteiger partial charge in [-0.25, -0.2) is 4.79 Å². The Hall–Kier alpha value is -2.33. The molecule has 0 saturated heterocycles. The Morgan fingerprint density at radius 3 is 2.29 bits per heavy atom. The molecule has 0 aliphatic rings. The Morgan fingerprint density at radius 1 is 1.05 bits per heavy atom. The van der Waals surface area contributed by atoms with Gasteiger partial charge < -0.3 is 10.4 Å². The third-order valence-corrected chi connectivity index (χ3v) is 3.33. The topological polar surface area (TPSA) is 66.4 Å². The van der Waals surface area contributed by atoms with E-state index in [9.17, 15) is 14.7 Å². The minimum Gasteiger partial charge on any atom is -0.480 e. The number of amides is 1. The van der Waals surface area contributed by atoms with Gasteiger partial charge in [0.15, 0.2) is 0 Å². The van der Waals surface area contributed by atoms with Gasteiger partial charge in [0.25, 0.3) is 5.91 Å². The molecule has 4 nitrogen and oxygen atoms in total. The fraction of sp³-hybridized carbons (Fsp3) is 0.125. The van der Waals surface area contributed by atoms with Gasteiger partial charge in [-0.1, -0.05) is 54.1 Å². The van der Waals surface area contributed by atoms with Gasteiger partial charge in [0, 0.05) is 6.42 Å². The highest BCUT2D eigenvalue weighted by molar-refractivity contribution is 6.33. The molecule has 0 aliphatic carbocycles. The molecule has 2 rings (SSSR count). The maximum Gasteiger partial charge on any atom is 0.326 e. The number of aliphatic carboxylic acids is 1. The van der Waals surface area contributed by atoms with E-state index < -0.39 is 17.9 Å². The van der Waals surface area contributed by atoms with Crippen LogP contribution in [-0.4, -0.2) is 23.0 Å². The van der Waals surface area contributed by atoms with Crippen molar-refractivity contribution in [2.24, 2.45) is 0 Å². The molecule has 0 unspecified atom stereocenters. The van der Waals surface area contributed by atoms with Gasteiger partial charge in [-0.2, -0.15) is 0 Å². The number of carboxylic acid groups (broad SMARTS) is 1. The first-order valence-electron chi connectivity index (χ1n) is 6.40. The molecule has 0 saturated carbocycles. The van der Waals surface area contributed by atoms with Crippen LogP contribution in [0.1, 0.15) is 15.9 Å². The number of carbonyl (C=O) groups is 2. The second-order valence-electron chi connectivity index (χ2n) is 4.53. The van der Waals surface area contributed by atoms with Crippen LogP contribution in [0.4, 0.5) is 0 Å². The predicted octanol–water partition coefficient (Wildman–Crippen LogP) is 2.77. The maximum absolute atomic E-state index is 12.1. The fourth-order valence-corrected chi connectivity index (χ4v) is 2.15. The van der Waals surface area contributed by atoms with Crippen molar-refractivity contribution >= 4 is 23.5 Å². The van der Waals surface area contributed by atoms with Gasteiger partial charge in [0.05, 0.1) is 10.6 Å². The van der Waals surface area contributed by atoms with Crippen molar-refractivity contribution in [1.82, 2.24) is 5.32 Å². The maximum atomic E-state index is 12.1. The van der Waals surface area contributed by atoms with Crippen LogP contribution in [0.5, 0.6) is 0 Å². The fourth-order valence-electron chi connectivity index (χ4n) is 1.93. The summed E-state index contributed by atoms with van der Waals surface area (Å²) in [6, 6.07) is 14.6. The standard InChI is InChI=1S/C16H14ClNO3/c17-13-9-5-4-8-12(13)15(19)18-14(16(20)21)10-11-6-2-1-3-7-11/h1-9,14H,10H2,(H,18,19)(H,20,21)/t14-/m1/s1. The summed E-state index contributed by atoms with van der Waals surface area (Å²) < 4.78 is 0. The van der Waals surface area contributed by atoms with Crippen LogP contribution in [-0.2, 0) is 11.2 Å². The van der Waals surface area contributed by atoms with Crippen molar-refractivity contribution in [2.45, 2.75) is 12.5 Å². The predicted molar refractivity (Wildman–Crippen MR) is 80.5 cm³/mol. The first-order valence-corrected chi connectivity index (χ1v) is 6.78. The first kappa shape index (κ1) is 15.1. The first-order chi connectivity index (χ1) is 10.1. The van der Waals surface area contributed by atoms with Crippen molar-refractivity contribution in [1.29, 1.82) is 0 Å². The number of carboxylic acids is 1. The van der Waals surface area contributed by atoms with E-state index >= 15 is 0 Å². The Kier molecular flexibility index (Phi) is 4.95. The van der Waals surface area contributed by atoms with E-state index in [1.54, 1.807) is 24.3 Å². The molecule has 0 bridgehead atoms. The highest BCUT2D eigenvalue weighted by Gasteiger charge is 2.21. The Balaban J connectivity index is 2.12. The van der Waals surface area contributed by atoms with Gasteiger partial charge in [0.2, 0.25) is 0 Å². The van der Waals surface area contributed by atoms with Crippen molar-refractivity contribution in [3.63, 3.8) is 0 Å². The summed E-state index contributed by atoms with van der Waals surface area (Å²) >= 11 is 5.93. The number of nitrogens with one attached hydrogen (secondary N) is 1. The molecule has 1 atom stereocenters. The number of hydrogen-bond acceptors (Lipinski definition) is 2. The molecule has 0 spiro atoms. The average Bonchev–Trinajstić information content (AvgIpc) is 2.48. The molecular weight excluding hydrogens is 290 g/mol. The number of carbonyl (C=O) groups excluding carboxylic acids is 1. The van der Waals surface area contributed by atoms with E-state index in [0.717, 1.165) is 5.56 Å². The lowest BCUT2D eigenvalue weighted by atomic mass is 10.1. The molecular formula is C16H14ClNO3. The summed E-state index contributed by atoms with van der Waals surface area (Å²) in [6.45, 7) is 0. The summed E-state index contributed by atoms with van der Waals surface area (Å²) in [6.07, 6.45) is 0.215. The summed E-state index contributed by atoms with van der Waals surface area (Å²) in [5.74, 6) is -1.58. The zero-order valence-corrected chi connectivity index (χ0v) is 11.9. The highest BCUT2D eigenvalue weighted by Crippen LogP contribution is 2.15. The molecule has 21 heavy (non-hydrogen) atoms. The highest BCUT2D eigenvalue weighted by atomic mass is 35.5. The third kappa shape index (κ3) is 4.07. The molecule has 5 heteroatoms. The van der Waals surface area contributed by atoms with Crippen molar-refractivity contribution in [3.05, 3.63) is 70.7 Å². The Labute approximate surface area is 127 Å². The second kappa shape index (κ2) is 6.90. The van der Waals surface area contributed by atoms with Crippen molar-refractivity contribution in [3.8, 4) is 0 Å².